The second-order valence-corrected chi connectivity index (χ2v) is 10.4. The van der Waals surface area contributed by atoms with Crippen molar-refractivity contribution < 1.29 is 4.79 Å². The lowest BCUT2D eigenvalue weighted by atomic mass is 9.92. The molecule has 0 bridgehead atoms. The predicted molar refractivity (Wildman–Crippen MR) is 132 cm³/mol. The Kier molecular flexibility index (Phi) is 6.54. The Morgan fingerprint density at radius 1 is 0.938 bits per heavy atom. The van der Waals surface area contributed by atoms with Crippen molar-refractivity contribution in [1.29, 1.82) is 0 Å². The Morgan fingerprint density at radius 3 is 2.09 bits per heavy atom. The summed E-state index contributed by atoms with van der Waals surface area (Å²) < 4.78 is 2.80. The molecule has 1 aliphatic heterocycles. The first kappa shape index (κ1) is 22.7. The van der Waals surface area contributed by atoms with E-state index in [-0.39, 0.29) is 17.4 Å². The van der Waals surface area contributed by atoms with E-state index in [4.69, 9.17) is 0 Å². The second-order valence-electron chi connectivity index (χ2n) is 9.48. The van der Waals surface area contributed by atoms with Crippen LogP contribution in [0.1, 0.15) is 54.1 Å². The van der Waals surface area contributed by atoms with E-state index >= 15 is 0 Å². The van der Waals surface area contributed by atoms with Crippen LogP contribution in [0.15, 0.2) is 65.1 Å². The number of amides is 1. The molecule has 1 atom stereocenters. The van der Waals surface area contributed by atoms with Crippen LogP contribution in [0.3, 0.4) is 0 Å². The quantitative estimate of drug-likeness (QED) is 0.510. The molecule has 4 rings (SSSR count). The van der Waals surface area contributed by atoms with E-state index in [9.17, 15) is 4.79 Å². The number of piperazine rings is 1. The van der Waals surface area contributed by atoms with Gasteiger partial charge in [0.1, 0.15) is 5.69 Å². The number of hydrogen-bond donors (Lipinski definition) is 0. The Balaban J connectivity index is 1.52. The van der Waals surface area contributed by atoms with Crippen molar-refractivity contribution in [3.63, 3.8) is 0 Å². The van der Waals surface area contributed by atoms with E-state index < -0.39 is 0 Å². The molecule has 0 spiro atoms. The Bertz CT molecular complexity index is 1060. The van der Waals surface area contributed by atoms with E-state index in [1.807, 2.05) is 18.0 Å². The molecule has 32 heavy (non-hydrogen) atoms. The average molecular weight is 495 g/mol. The van der Waals surface area contributed by atoms with Crippen molar-refractivity contribution in [2.24, 2.45) is 7.05 Å². The van der Waals surface area contributed by atoms with Crippen molar-refractivity contribution in [3.8, 4) is 0 Å². The van der Waals surface area contributed by atoms with Gasteiger partial charge < -0.3 is 4.90 Å². The standard InChI is InChI=1S/C26H31BrN4O/c1-26(2,3)23-18-22(29(4)28-23)25(32)31-16-14-30(15-17-31)24(19-8-6-5-7-9-19)20-10-12-21(27)13-11-20/h5-13,18,24H,14-17H2,1-4H3/t24-/m0/s1. The van der Waals surface area contributed by atoms with Crippen LogP contribution in [0.5, 0.6) is 0 Å². The number of aromatic nitrogens is 2. The molecule has 1 aromatic heterocycles. The Labute approximate surface area is 199 Å². The summed E-state index contributed by atoms with van der Waals surface area (Å²) in [5.74, 6) is 0.0649. The normalized spacial score (nSPS) is 16.2. The highest BCUT2D eigenvalue weighted by Crippen LogP contribution is 2.31. The van der Waals surface area contributed by atoms with Gasteiger partial charge in [-0.3, -0.25) is 14.4 Å². The number of halogens is 1. The largest absolute Gasteiger partial charge is 0.335 e. The van der Waals surface area contributed by atoms with Crippen molar-refractivity contribution >= 4 is 21.8 Å². The van der Waals surface area contributed by atoms with Crippen LogP contribution in [0.25, 0.3) is 0 Å². The lowest BCUT2D eigenvalue weighted by Gasteiger charge is -2.39. The van der Waals surface area contributed by atoms with Crippen molar-refractivity contribution in [2.75, 3.05) is 26.2 Å². The molecule has 0 unspecified atom stereocenters. The molecule has 1 aliphatic rings. The summed E-state index contributed by atoms with van der Waals surface area (Å²) >= 11 is 3.55. The van der Waals surface area contributed by atoms with Gasteiger partial charge in [-0.25, -0.2) is 0 Å². The molecule has 168 valence electrons. The van der Waals surface area contributed by atoms with Crippen LogP contribution in [0.2, 0.25) is 0 Å². The van der Waals surface area contributed by atoms with Gasteiger partial charge >= 0.3 is 0 Å². The lowest BCUT2D eigenvalue weighted by molar-refractivity contribution is 0.0587. The zero-order chi connectivity index (χ0) is 22.9. The zero-order valence-corrected chi connectivity index (χ0v) is 20.8. The molecule has 5 nitrogen and oxygen atoms in total. The summed E-state index contributed by atoms with van der Waals surface area (Å²) in [6.45, 7) is 9.41. The van der Waals surface area contributed by atoms with Gasteiger partial charge in [0.25, 0.3) is 5.91 Å². The topological polar surface area (TPSA) is 41.4 Å². The molecule has 1 fully saturated rings. The fraction of sp³-hybridized carbons (Fsp3) is 0.385. The molecule has 6 heteroatoms. The van der Waals surface area contributed by atoms with Crippen LogP contribution in [0.4, 0.5) is 0 Å². The predicted octanol–water partition coefficient (Wildman–Crippen LogP) is 5.03. The maximum Gasteiger partial charge on any atom is 0.272 e. The number of carbonyl (C=O) groups is 1. The average Bonchev–Trinajstić information content (AvgIpc) is 3.18. The number of nitrogens with zero attached hydrogens (tertiary/aromatic N) is 4. The number of rotatable bonds is 4. The molecule has 0 aliphatic carbocycles. The zero-order valence-electron chi connectivity index (χ0n) is 19.3. The van der Waals surface area contributed by atoms with E-state index in [0.29, 0.717) is 18.8 Å². The minimum absolute atomic E-state index is 0.0649. The lowest BCUT2D eigenvalue weighted by Crippen LogP contribution is -2.50. The smallest absolute Gasteiger partial charge is 0.272 e. The van der Waals surface area contributed by atoms with Crippen LogP contribution in [-0.4, -0.2) is 51.7 Å². The van der Waals surface area contributed by atoms with Crippen molar-refractivity contribution in [2.45, 2.75) is 32.2 Å². The monoisotopic (exact) mass is 494 g/mol. The first-order valence-corrected chi connectivity index (χ1v) is 11.9. The Hall–Kier alpha value is -2.44. The van der Waals surface area contributed by atoms with Gasteiger partial charge in [-0.15, -0.1) is 0 Å². The SMILES string of the molecule is Cn1nc(C(C)(C)C)cc1C(=O)N1CCN([C@@H](c2ccccc2)c2ccc(Br)cc2)CC1. The number of carbonyl (C=O) groups excluding carboxylic acids is 1. The number of aryl methyl sites for hydroxylation is 1. The van der Waals surface area contributed by atoms with Gasteiger partial charge in [-0.2, -0.15) is 5.10 Å². The van der Waals surface area contributed by atoms with Gasteiger partial charge in [0.15, 0.2) is 0 Å². The van der Waals surface area contributed by atoms with Crippen molar-refractivity contribution in [3.05, 3.63) is 87.7 Å². The maximum absolute atomic E-state index is 13.3. The third-order valence-electron chi connectivity index (χ3n) is 6.14. The van der Waals surface area contributed by atoms with E-state index in [1.54, 1.807) is 4.68 Å². The highest BCUT2D eigenvalue weighted by molar-refractivity contribution is 9.10. The van der Waals surface area contributed by atoms with E-state index in [2.05, 4.69) is 101 Å². The third kappa shape index (κ3) is 4.81. The molecule has 0 radical (unpaired) electrons. The minimum atomic E-state index is -0.0808. The summed E-state index contributed by atoms with van der Waals surface area (Å²) in [6, 6.07) is 21.3. The van der Waals surface area contributed by atoms with Gasteiger partial charge in [-0.05, 0) is 29.3 Å². The van der Waals surface area contributed by atoms with Gasteiger partial charge in [0, 0.05) is 43.1 Å². The van der Waals surface area contributed by atoms with Crippen LogP contribution >= 0.6 is 15.9 Å². The molecule has 2 heterocycles. The summed E-state index contributed by atoms with van der Waals surface area (Å²) in [4.78, 5) is 17.7. The Morgan fingerprint density at radius 2 is 1.53 bits per heavy atom. The molecule has 0 saturated carbocycles. The van der Waals surface area contributed by atoms with Gasteiger partial charge in [-0.1, -0.05) is 79.2 Å². The van der Waals surface area contributed by atoms with E-state index in [0.717, 1.165) is 23.3 Å². The summed E-state index contributed by atoms with van der Waals surface area (Å²) in [5.41, 5.74) is 4.07. The molecular formula is C26H31BrN4O. The summed E-state index contributed by atoms with van der Waals surface area (Å²) in [7, 11) is 1.86. The van der Waals surface area contributed by atoms with Gasteiger partial charge in [0.05, 0.1) is 11.7 Å². The fourth-order valence-corrected chi connectivity index (χ4v) is 4.54. The number of hydrogen-bond acceptors (Lipinski definition) is 3. The highest BCUT2D eigenvalue weighted by atomic mass is 79.9. The molecule has 0 N–H and O–H groups in total. The molecule has 1 saturated heterocycles. The number of benzene rings is 2. The first-order chi connectivity index (χ1) is 15.2. The van der Waals surface area contributed by atoms with Crippen molar-refractivity contribution in [1.82, 2.24) is 19.6 Å². The molecular weight excluding hydrogens is 464 g/mol. The first-order valence-electron chi connectivity index (χ1n) is 11.1. The van der Waals surface area contributed by atoms with Gasteiger partial charge in [0.2, 0.25) is 0 Å². The second kappa shape index (κ2) is 9.20. The third-order valence-corrected chi connectivity index (χ3v) is 6.66. The van der Waals surface area contributed by atoms with Crippen LogP contribution in [0, 0.1) is 0 Å². The van der Waals surface area contributed by atoms with E-state index in [1.165, 1.54) is 11.1 Å². The molecule has 1 amide bonds. The van der Waals surface area contributed by atoms with Crippen LogP contribution < -0.4 is 0 Å². The fourth-order valence-electron chi connectivity index (χ4n) is 4.27. The highest BCUT2D eigenvalue weighted by Gasteiger charge is 2.30. The minimum Gasteiger partial charge on any atom is -0.335 e. The maximum atomic E-state index is 13.3. The molecule has 3 aromatic rings. The van der Waals surface area contributed by atoms with Crippen LogP contribution in [-0.2, 0) is 12.5 Å². The molecule has 2 aromatic carbocycles. The summed E-state index contributed by atoms with van der Waals surface area (Å²) in [5, 5.41) is 4.58. The summed E-state index contributed by atoms with van der Waals surface area (Å²) in [6.07, 6.45) is 0.